The molecule has 0 heterocycles. The van der Waals surface area contributed by atoms with Gasteiger partial charge in [0.1, 0.15) is 6.04 Å². The Labute approximate surface area is 124 Å². The summed E-state index contributed by atoms with van der Waals surface area (Å²) in [4.78, 5) is 24.6. The Morgan fingerprint density at radius 2 is 1.90 bits per heavy atom. The van der Waals surface area contributed by atoms with E-state index in [1.165, 1.54) is 0 Å². The number of hydrogen-bond acceptors (Lipinski definition) is 3. The fourth-order valence-corrected chi connectivity index (χ4v) is 2.27. The summed E-state index contributed by atoms with van der Waals surface area (Å²) in [6, 6.07) is 4.67. The molecule has 0 aliphatic carbocycles. The summed E-state index contributed by atoms with van der Waals surface area (Å²) < 4.78 is 0. The van der Waals surface area contributed by atoms with Crippen LogP contribution in [0.25, 0.3) is 0 Å². The van der Waals surface area contributed by atoms with Crippen LogP contribution in [-0.2, 0) is 4.79 Å². The van der Waals surface area contributed by atoms with Gasteiger partial charge in [0.2, 0.25) is 0 Å². The number of hydrogen-bond donors (Lipinski definition) is 2. The zero-order valence-electron chi connectivity index (χ0n) is 12.5. The Hall–Kier alpha value is -1.49. The van der Waals surface area contributed by atoms with Crippen LogP contribution >= 0.6 is 11.8 Å². The van der Waals surface area contributed by atoms with Crippen molar-refractivity contribution < 1.29 is 14.7 Å². The number of rotatable bonds is 4. The number of carbonyl (C=O) groups is 2. The van der Waals surface area contributed by atoms with Crippen LogP contribution in [0.3, 0.4) is 0 Å². The number of amides is 1. The molecule has 2 N–H and O–H groups in total. The largest absolute Gasteiger partial charge is 0.480 e. The molecule has 1 aromatic rings. The monoisotopic (exact) mass is 295 g/mol. The molecule has 0 unspecified atom stereocenters. The van der Waals surface area contributed by atoms with Crippen LogP contribution < -0.4 is 5.32 Å². The summed E-state index contributed by atoms with van der Waals surface area (Å²) >= 11 is 1.54. The topological polar surface area (TPSA) is 66.4 Å². The highest BCUT2D eigenvalue weighted by molar-refractivity contribution is 7.98. The minimum Gasteiger partial charge on any atom is -0.480 e. The molecular weight excluding hydrogens is 274 g/mol. The number of carbonyl (C=O) groups excluding carboxylic acids is 1. The second-order valence-electron chi connectivity index (χ2n) is 5.79. The Kier molecular flexibility index (Phi) is 5.22. The normalized spacial score (nSPS) is 12.8. The predicted molar refractivity (Wildman–Crippen MR) is 81.3 cm³/mol. The molecule has 1 aromatic carbocycles. The molecule has 4 nitrogen and oxygen atoms in total. The van der Waals surface area contributed by atoms with E-state index in [0.717, 1.165) is 10.5 Å². The van der Waals surface area contributed by atoms with E-state index < -0.39 is 17.4 Å². The van der Waals surface area contributed by atoms with E-state index in [1.807, 2.05) is 25.3 Å². The fraction of sp³-hybridized carbons (Fsp3) is 0.467. The second-order valence-corrected chi connectivity index (χ2v) is 6.67. The van der Waals surface area contributed by atoms with Gasteiger partial charge in [-0.2, -0.15) is 0 Å². The minimum atomic E-state index is -1.02. The van der Waals surface area contributed by atoms with E-state index in [9.17, 15) is 14.7 Å². The smallest absolute Gasteiger partial charge is 0.326 e. The van der Waals surface area contributed by atoms with Gasteiger partial charge in [0.05, 0.1) is 0 Å². The van der Waals surface area contributed by atoms with E-state index >= 15 is 0 Å². The minimum absolute atomic E-state index is 0.347. The summed E-state index contributed by atoms with van der Waals surface area (Å²) in [5.74, 6) is -1.37. The first kappa shape index (κ1) is 16.6. The molecule has 1 atom stereocenters. The van der Waals surface area contributed by atoms with Crippen LogP contribution in [-0.4, -0.2) is 29.3 Å². The zero-order valence-corrected chi connectivity index (χ0v) is 13.3. The molecule has 5 heteroatoms. The molecule has 0 radical (unpaired) electrons. The molecule has 1 rings (SSSR count). The maximum absolute atomic E-state index is 12.3. The van der Waals surface area contributed by atoms with Crippen molar-refractivity contribution in [3.8, 4) is 0 Å². The summed E-state index contributed by atoms with van der Waals surface area (Å²) in [5.41, 5.74) is 0.803. The van der Waals surface area contributed by atoms with Crippen LogP contribution in [0.1, 0.15) is 36.7 Å². The van der Waals surface area contributed by atoms with E-state index in [0.29, 0.717) is 5.56 Å². The lowest BCUT2D eigenvalue weighted by Gasteiger charge is -2.28. The summed E-state index contributed by atoms with van der Waals surface area (Å²) in [5, 5.41) is 11.9. The van der Waals surface area contributed by atoms with Gasteiger partial charge < -0.3 is 10.4 Å². The lowest BCUT2D eigenvalue weighted by molar-refractivity contribution is -0.142. The van der Waals surface area contributed by atoms with E-state index in [2.05, 4.69) is 5.32 Å². The van der Waals surface area contributed by atoms with Gasteiger partial charge in [-0.1, -0.05) is 26.8 Å². The van der Waals surface area contributed by atoms with E-state index in [4.69, 9.17) is 0 Å². The highest BCUT2D eigenvalue weighted by Crippen LogP contribution is 2.22. The van der Waals surface area contributed by atoms with Gasteiger partial charge in [-0.25, -0.2) is 4.79 Å². The van der Waals surface area contributed by atoms with E-state index in [1.54, 1.807) is 38.6 Å². The molecule has 20 heavy (non-hydrogen) atoms. The maximum atomic E-state index is 12.3. The Morgan fingerprint density at radius 3 is 2.35 bits per heavy atom. The first-order chi connectivity index (χ1) is 9.16. The van der Waals surface area contributed by atoms with Crippen molar-refractivity contribution in [2.75, 3.05) is 6.26 Å². The average Bonchev–Trinajstić information content (AvgIpc) is 2.34. The molecule has 0 fully saturated rings. The molecule has 0 saturated heterocycles. The SMILES string of the molecule is CSc1ccc(C)c(C(=O)N[C@H](C(=O)O)C(C)(C)C)c1. The molecular formula is C15H21NO3S. The third-order valence-electron chi connectivity index (χ3n) is 3.08. The van der Waals surface area contributed by atoms with Crippen LogP contribution in [0, 0.1) is 12.3 Å². The highest BCUT2D eigenvalue weighted by atomic mass is 32.2. The molecule has 0 bridgehead atoms. The lowest BCUT2D eigenvalue weighted by Crippen LogP contribution is -2.49. The first-order valence-corrected chi connectivity index (χ1v) is 7.57. The van der Waals surface area contributed by atoms with Crippen molar-refractivity contribution in [2.24, 2.45) is 5.41 Å². The van der Waals surface area contributed by atoms with Gasteiger partial charge in [-0.05, 0) is 36.3 Å². The van der Waals surface area contributed by atoms with Crippen LogP contribution in [0.15, 0.2) is 23.1 Å². The van der Waals surface area contributed by atoms with Crippen LogP contribution in [0.4, 0.5) is 0 Å². The van der Waals surface area contributed by atoms with Gasteiger partial charge in [0.25, 0.3) is 5.91 Å². The van der Waals surface area contributed by atoms with Crippen molar-refractivity contribution in [3.05, 3.63) is 29.3 Å². The van der Waals surface area contributed by atoms with Gasteiger partial charge in [0, 0.05) is 10.5 Å². The molecule has 0 aromatic heterocycles. The number of aliphatic carboxylic acids is 1. The van der Waals surface area contributed by atoms with Crippen molar-refractivity contribution in [1.82, 2.24) is 5.32 Å². The molecule has 0 saturated carbocycles. The number of benzene rings is 1. The van der Waals surface area contributed by atoms with Gasteiger partial charge >= 0.3 is 5.97 Å². The molecule has 0 aliphatic rings. The number of nitrogens with one attached hydrogen (secondary N) is 1. The van der Waals surface area contributed by atoms with Gasteiger partial charge in [0.15, 0.2) is 0 Å². The standard InChI is InChI=1S/C15H21NO3S/c1-9-6-7-10(20-5)8-11(9)13(17)16-12(14(18)19)15(2,3)4/h6-8,12H,1-5H3,(H,16,17)(H,18,19)/t12-/m1/s1. The second kappa shape index (κ2) is 6.31. The van der Waals surface area contributed by atoms with Crippen molar-refractivity contribution in [3.63, 3.8) is 0 Å². The Bertz CT molecular complexity index is 520. The third-order valence-corrected chi connectivity index (χ3v) is 3.80. The van der Waals surface area contributed by atoms with Crippen LogP contribution in [0.2, 0.25) is 0 Å². The Balaban J connectivity index is 3.03. The van der Waals surface area contributed by atoms with Gasteiger partial charge in [-0.3, -0.25) is 4.79 Å². The highest BCUT2D eigenvalue weighted by Gasteiger charge is 2.33. The third kappa shape index (κ3) is 4.00. The lowest BCUT2D eigenvalue weighted by atomic mass is 9.86. The van der Waals surface area contributed by atoms with Crippen LogP contribution in [0.5, 0.6) is 0 Å². The molecule has 0 spiro atoms. The first-order valence-electron chi connectivity index (χ1n) is 6.35. The maximum Gasteiger partial charge on any atom is 0.326 e. The summed E-state index contributed by atoms with van der Waals surface area (Å²) in [6.45, 7) is 7.21. The average molecular weight is 295 g/mol. The summed E-state index contributed by atoms with van der Waals surface area (Å²) in [7, 11) is 0. The molecule has 0 aliphatic heterocycles. The van der Waals surface area contributed by atoms with Crippen molar-refractivity contribution >= 4 is 23.6 Å². The Morgan fingerprint density at radius 1 is 1.30 bits per heavy atom. The zero-order chi connectivity index (χ0) is 15.5. The number of carboxylic acid groups (broad SMARTS) is 1. The van der Waals surface area contributed by atoms with E-state index in [-0.39, 0.29) is 5.91 Å². The number of carboxylic acids is 1. The van der Waals surface area contributed by atoms with Crippen molar-refractivity contribution in [2.45, 2.75) is 38.6 Å². The quantitative estimate of drug-likeness (QED) is 0.838. The van der Waals surface area contributed by atoms with Crippen molar-refractivity contribution in [1.29, 1.82) is 0 Å². The predicted octanol–water partition coefficient (Wildman–Crippen LogP) is 2.95. The molecule has 110 valence electrons. The number of thioether (sulfide) groups is 1. The number of aryl methyl sites for hydroxylation is 1. The summed E-state index contributed by atoms with van der Waals surface area (Å²) in [6.07, 6.45) is 1.93. The molecule has 1 amide bonds. The van der Waals surface area contributed by atoms with Gasteiger partial charge in [-0.15, -0.1) is 11.8 Å². The fourth-order valence-electron chi connectivity index (χ4n) is 1.83.